The molecule has 266 valence electrons. The molecule has 4 fully saturated rings. The third-order valence-corrected chi connectivity index (χ3v) is 14.7. The van der Waals surface area contributed by atoms with Crippen molar-refractivity contribution >= 4 is 14.2 Å². The zero-order chi connectivity index (χ0) is 33.9. The number of esters is 1. The number of aliphatic hydroxyl groups is 1. The van der Waals surface area contributed by atoms with Gasteiger partial charge in [-0.2, -0.15) is 0 Å². The van der Waals surface area contributed by atoms with Crippen molar-refractivity contribution in [1.82, 2.24) is 0 Å². The number of fused-ring (bicyclic) bond motifs is 5. The van der Waals surface area contributed by atoms with Crippen LogP contribution in [0, 0.1) is 58.2 Å². The van der Waals surface area contributed by atoms with Gasteiger partial charge in [0.05, 0.1) is 27.6 Å². The molecule has 46 heavy (non-hydrogen) atoms. The number of hydrogen-bond donors (Lipinski definition) is 1. The first-order valence-corrected chi connectivity index (χ1v) is 20.1. The molecule has 12 atom stereocenters. The second-order valence-corrected chi connectivity index (χ2v) is 18.8. The molecule has 6 unspecified atom stereocenters. The molecule has 0 bridgehead atoms. The first-order valence-electron chi connectivity index (χ1n) is 19.0. The molecule has 1 N–H and O–H groups in total. The molecule has 7 nitrogen and oxygen atoms in total. The lowest BCUT2D eigenvalue weighted by Crippen LogP contribution is -2.54. The summed E-state index contributed by atoms with van der Waals surface area (Å²) in [6.07, 6.45) is 14.1. The number of likely N-dealkylation sites (N-methyl/N-ethyl adjacent to an activating group) is 1. The second-order valence-electron chi connectivity index (χ2n) is 17.9. The predicted molar refractivity (Wildman–Crippen MR) is 185 cm³/mol. The molecule has 0 radical (unpaired) electrons. The monoisotopic (exact) mass is 667 g/mol. The van der Waals surface area contributed by atoms with Crippen LogP contribution < -0.4 is 0 Å². The Labute approximate surface area is 282 Å². The Balaban J connectivity index is 1.24. The summed E-state index contributed by atoms with van der Waals surface area (Å²) < 4.78 is 28.9. The average molecular weight is 668 g/mol. The van der Waals surface area contributed by atoms with E-state index in [2.05, 4.69) is 41.5 Å². The fourth-order valence-electron chi connectivity index (χ4n) is 11.0. The third-order valence-electron chi connectivity index (χ3n) is 13.9. The normalized spacial score (nSPS) is 36.7. The largest absolute Gasteiger partial charge is 0.700 e. The van der Waals surface area contributed by atoms with Gasteiger partial charge in [0.1, 0.15) is 12.6 Å². The van der Waals surface area contributed by atoms with Crippen molar-refractivity contribution < 1.29 is 32.7 Å². The van der Waals surface area contributed by atoms with E-state index in [-0.39, 0.29) is 31.5 Å². The molecule has 4 aliphatic rings. The highest BCUT2D eigenvalue weighted by Crippen LogP contribution is 2.68. The zero-order valence-corrected chi connectivity index (χ0v) is 31.9. The fourth-order valence-corrected chi connectivity index (χ4v) is 11.6. The number of carbonyl (C=O) groups is 1. The van der Waals surface area contributed by atoms with E-state index in [1.165, 1.54) is 57.8 Å². The summed E-state index contributed by atoms with van der Waals surface area (Å²) in [5.41, 5.74) is 0.860. The van der Waals surface area contributed by atoms with E-state index in [0.717, 1.165) is 60.7 Å². The number of rotatable bonds is 16. The van der Waals surface area contributed by atoms with Crippen molar-refractivity contribution in [2.45, 2.75) is 144 Å². The molecular formula is C38H70NO6P+2. The van der Waals surface area contributed by atoms with Gasteiger partial charge in [0.15, 0.2) is 6.61 Å². The zero-order valence-electron chi connectivity index (χ0n) is 31.0. The Morgan fingerprint density at radius 3 is 2.30 bits per heavy atom. The van der Waals surface area contributed by atoms with Crippen LogP contribution in [0.15, 0.2) is 0 Å². The average Bonchev–Trinajstić information content (AvgIpc) is 3.33. The molecule has 4 aliphatic carbocycles. The number of carbonyl (C=O) groups excluding carboxylic acids is 1. The van der Waals surface area contributed by atoms with Crippen molar-refractivity contribution in [2.24, 2.45) is 58.2 Å². The molecule has 0 aliphatic heterocycles. The van der Waals surface area contributed by atoms with E-state index in [0.29, 0.717) is 27.8 Å². The number of aliphatic hydroxyl groups excluding tert-OH is 1. The SMILES string of the molecule is CC[C@H](CC[C@@H](C)[C@H]1CCC2C3CCC4C[C@@H](OC(=O)CCC(O)O[P+](=O)OCC[N+](C)(C)C)CC[C@]4(C)C3CC[C@@]21C)C(C)C. The van der Waals surface area contributed by atoms with Crippen LogP contribution in [0.5, 0.6) is 0 Å². The van der Waals surface area contributed by atoms with Crippen LogP contribution in [0.1, 0.15) is 131 Å². The lowest BCUT2D eigenvalue weighted by atomic mass is 9.44. The van der Waals surface area contributed by atoms with Crippen LogP contribution in [0.3, 0.4) is 0 Å². The Hall–Kier alpha value is -0.590. The Morgan fingerprint density at radius 1 is 0.935 bits per heavy atom. The topological polar surface area (TPSA) is 82.1 Å². The third kappa shape index (κ3) is 9.14. The molecule has 4 rings (SSSR count). The first kappa shape index (κ1) is 38.2. The highest BCUT2D eigenvalue weighted by Gasteiger charge is 2.60. The van der Waals surface area contributed by atoms with Gasteiger partial charge in [-0.25, -0.2) is 0 Å². The maximum atomic E-state index is 12.7. The van der Waals surface area contributed by atoms with Crippen LogP contribution >= 0.6 is 8.25 Å². The minimum absolute atomic E-state index is 0.0426. The van der Waals surface area contributed by atoms with Crippen molar-refractivity contribution in [3.63, 3.8) is 0 Å². The molecule has 0 spiro atoms. The molecule has 8 heteroatoms. The molecule has 0 aromatic rings. The number of ether oxygens (including phenoxy) is 1. The highest BCUT2D eigenvalue weighted by atomic mass is 31.1. The Kier molecular flexibility index (Phi) is 13.3. The summed E-state index contributed by atoms with van der Waals surface area (Å²) in [4.78, 5) is 12.7. The van der Waals surface area contributed by atoms with Crippen LogP contribution in [0.2, 0.25) is 0 Å². The van der Waals surface area contributed by atoms with Gasteiger partial charge in [-0.15, -0.1) is 4.52 Å². The van der Waals surface area contributed by atoms with Gasteiger partial charge < -0.3 is 14.3 Å². The summed E-state index contributed by atoms with van der Waals surface area (Å²) in [6.45, 7) is 16.0. The van der Waals surface area contributed by atoms with Crippen LogP contribution in [0.4, 0.5) is 0 Å². The smallest absolute Gasteiger partial charge is 0.462 e. The van der Waals surface area contributed by atoms with Crippen molar-refractivity contribution in [1.29, 1.82) is 0 Å². The summed E-state index contributed by atoms with van der Waals surface area (Å²) in [6, 6.07) is 0. The number of quaternary nitrogens is 1. The molecule has 0 amide bonds. The fraction of sp³-hybridized carbons (Fsp3) is 0.974. The van der Waals surface area contributed by atoms with Gasteiger partial charge in [0.2, 0.25) is 6.29 Å². The van der Waals surface area contributed by atoms with Crippen molar-refractivity contribution in [3.05, 3.63) is 0 Å². The predicted octanol–water partition coefficient (Wildman–Crippen LogP) is 9.15. The molecular weight excluding hydrogens is 597 g/mol. The second kappa shape index (κ2) is 16.0. The van der Waals surface area contributed by atoms with E-state index >= 15 is 0 Å². The Bertz CT molecular complexity index is 1020. The first-order chi connectivity index (χ1) is 21.6. The van der Waals surface area contributed by atoms with E-state index in [1.807, 2.05) is 21.1 Å². The van der Waals surface area contributed by atoms with Crippen LogP contribution in [-0.2, 0) is 23.1 Å². The van der Waals surface area contributed by atoms with Gasteiger partial charge in [0.25, 0.3) is 0 Å². The summed E-state index contributed by atoms with van der Waals surface area (Å²) >= 11 is 0. The molecule has 0 heterocycles. The van der Waals surface area contributed by atoms with Gasteiger partial charge >= 0.3 is 14.2 Å². The standard InChI is InChI=1S/C38H70NO6P/c1-10-28(26(2)3)12-11-27(4)32-15-16-33-31-14-13-29-25-30(19-21-37(29,5)34(31)20-22-38(32,33)6)44-35(40)17-18-36(41)45-46(42)43-24-23-39(7,8)9/h26-34,36,41H,10-25H2,1-9H3/q+2/t27-,28-,29?,30+,31?,32-,33?,34?,36?,37+,38-/m1/s1. The van der Waals surface area contributed by atoms with E-state index in [1.54, 1.807) is 0 Å². The summed E-state index contributed by atoms with van der Waals surface area (Å²) in [7, 11) is 3.63. The van der Waals surface area contributed by atoms with Gasteiger partial charge in [-0.1, -0.05) is 58.9 Å². The van der Waals surface area contributed by atoms with Crippen LogP contribution in [-0.4, -0.2) is 62.2 Å². The van der Waals surface area contributed by atoms with Gasteiger partial charge in [-0.05, 0) is 122 Å². The summed E-state index contributed by atoms with van der Waals surface area (Å²) in [5, 5.41) is 10.1. The quantitative estimate of drug-likeness (QED) is 0.0765. The van der Waals surface area contributed by atoms with Gasteiger partial charge in [-0.3, -0.25) is 4.79 Å². The molecule has 0 aromatic carbocycles. The number of hydrogen-bond acceptors (Lipinski definition) is 6. The molecule has 0 saturated heterocycles. The molecule has 4 saturated carbocycles. The lowest BCUT2D eigenvalue weighted by molar-refractivity contribution is -0.870. The maximum Gasteiger partial charge on any atom is 0.700 e. The highest BCUT2D eigenvalue weighted by molar-refractivity contribution is 7.33. The maximum absolute atomic E-state index is 12.7. The van der Waals surface area contributed by atoms with E-state index in [9.17, 15) is 14.5 Å². The summed E-state index contributed by atoms with van der Waals surface area (Å²) in [5.74, 6) is 6.24. The van der Waals surface area contributed by atoms with Gasteiger partial charge in [0, 0.05) is 11.0 Å². The minimum atomic E-state index is -2.42. The minimum Gasteiger partial charge on any atom is -0.462 e. The molecule has 0 aromatic heterocycles. The van der Waals surface area contributed by atoms with E-state index < -0.39 is 14.5 Å². The Morgan fingerprint density at radius 2 is 1.63 bits per heavy atom. The van der Waals surface area contributed by atoms with Crippen LogP contribution in [0.25, 0.3) is 0 Å². The lowest BCUT2D eigenvalue weighted by Gasteiger charge is -2.61. The number of nitrogens with zero attached hydrogens (tertiary/aromatic N) is 1. The van der Waals surface area contributed by atoms with E-state index in [4.69, 9.17) is 13.8 Å². The van der Waals surface area contributed by atoms with Crippen molar-refractivity contribution in [2.75, 3.05) is 34.3 Å². The van der Waals surface area contributed by atoms with Crippen molar-refractivity contribution in [3.8, 4) is 0 Å².